The number of nitrogens with one attached hydrogen (secondary N) is 1. The molecular weight excluding hydrogens is 534 g/mol. The van der Waals surface area contributed by atoms with E-state index in [9.17, 15) is 14.7 Å². The molecule has 8 nitrogen and oxygen atoms in total. The van der Waals surface area contributed by atoms with Gasteiger partial charge in [-0.15, -0.1) is 0 Å². The Morgan fingerprint density at radius 2 is 1.64 bits per heavy atom. The normalized spacial score (nSPS) is 11.9. The number of carboxylic acids is 1. The third-order valence-corrected chi connectivity index (χ3v) is 6.77. The average molecular weight is 572 g/mol. The van der Waals surface area contributed by atoms with Crippen LogP contribution in [0, 0.1) is 0 Å². The topological polar surface area (TPSA) is 103 Å². The number of hydrogen-bond acceptors (Lipinski definition) is 7. The molecule has 2 N–H and O–H groups in total. The first-order valence-electron chi connectivity index (χ1n) is 14.0. The van der Waals surface area contributed by atoms with E-state index in [0.717, 1.165) is 33.0 Å². The Kier molecular flexibility index (Phi) is 11.6. The molecule has 0 bridgehead atoms. The number of ether oxygens (including phenoxy) is 4. The number of benzene rings is 4. The molecule has 1 unspecified atom stereocenters. The van der Waals surface area contributed by atoms with Gasteiger partial charge in [-0.25, -0.2) is 4.79 Å². The zero-order valence-corrected chi connectivity index (χ0v) is 24.0. The Morgan fingerprint density at radius 1 is 0.857 bits per heavy atom. The minimum Gasteiger partial charge on any atom is -0.479 e. The summed E-state index contributed by atoms with van der Waals surface area (Å²) in [5.74, 6) is -0.241. The first-order chi connectivity index (χ1) is 20.5. The van der Waals surface area contributed by atoms with E-state index >= 15 is 0 Å². The lowest BCUT2D eigenvalue weighted by molar-refractivity contribution is -0.149. The SMILES string of the molecule is CCOC(Cc1ccc(-c2cccc(CNCC(=O)c3ccc4cc(OCOCCOC)ccc4c3)c2)cc1)C(=O)O. The number of carbonyl (C=O) groups is 2. The monoisotopic (exact) mass is 571 g/mol. The van der Waals surface area contributed by atoms with Crippen molar-refractivity contribution in [2.45, 2.75) is 26.0 Å². The molecule has 4 aromatic rings. The summed E-state index contributed by atoms with van der Waals surface area (Å²) in [7, 11) is 1.62. The standard InChI is InChI=1S/C34H37NO7/c1-3-41-33(34(37)38)18-24-7-9-26(10-8-24)27-6-4-5-25(17-27)21-35-22-32(36)30-12-11-29-20-31(14-13-28(29)19-30)42-23-40-16-15-39-2/h4-14,17,19-20,33,35H,3,15-16,18,21-23H2,1-2H3,(H,37,38). The van der Waals surface area contributed by atoms with Crippen molar-refractivity contribution in [1.82, 2.24) is 5.32 Å². The zero-order valence-electron chi connectivity index (χ0n) is 24.0. The predicted molar refractivity (Wildman–Crippen MR) is 162 cm³/mol. The predicted octanol–water partition coefficient (Wildman–Crippen LogP) is 5.51. The van der Waals surface area contributed by atoms with Gasteiger partial charge in [0.1, 0.15) is 5.75 Å². The Bertz CT molecular complexity index is 1470. The number of hydrogen-bond donors (Lipinski definition) is 2. The van der Waals surface area contributed by atoms with Gasteiger partial charge in [-0.2, -0.15) is 0 Å². The van der Waals surface area contributed by atoms with Crippen molar-refractivity contribution in [2.24, 2.45) is 0 Å². The van der Waals surface area contributed by atoms with Gasteiger partial charge in [-0.1, -0.05) is 60.7 Å². The summed E-state index contributed by atoms with van der Waals surface area (Å²) in [6.45, 7) is 4.04. The highest BCUT2D eigenvalue weighted by Crippen LogP contribution is 2.23. The lowest BCUT2D eigenvalue weighted by Crippen LogP contribution is -2.26. The molecule has 42 heavy (non-hydrogen) atoms. The number of fused-ring (bicyclic) bond motifs is 1. The molecule has 1 atom stereocenters. The third-order valence-electron chi connectivity index (χ3n) is 6.77. The van der Waals surface area contributed by atoms with Crippen LogP contribution in [0.2, 0.25) is 0 Å². The number of rotatable bonds is 17. The fourth-order valence-electron chi connectivity index (χ4n) is 4.55. The van der Waals surface area contributed by atoms with Gasteiger partial charge in [0.25, 0.3) is 0 Å². The average Bonchev–Trinajstić information content (AvgIpc) is 3.01. The van der Waals surface area contributed by atoms with Crippen molar-refractivity contribution in [3.05, 3.63) is 102 Å². The largest absolute Gasteiger partial charge is 0.479 e. The summed E-state index contributed by atoms with van der Waals surface area (Å²) in [6, 6.07) is 27.4. The number of aliphatic carboxylic acids is 1. The maximum atomic E-state index is 12.9. The molecule has 0 saturated heterocycles. The molecule has 0 aromatic heterocycles. The summed E-state index contributed by atoms with van der Waals surface area (Å²) in [6.07, 6.45) is -0.531. The fourth-order valence-corrected chi connectivity index (χ4v) is 4.55. The van der Waals surface area contributed by atoms with Crippen molar-refractivity contribution in [3.63, 3.8) is 0 Å². The lowest BCUT2D eigenvalue weighted by atomic mass is 10.00. The van der Waals surface area contributed by atoms with Gasteiger partial charge in [0.2, 0.25) is 0 Å². The molecule has 0 amide bonds. The van der Waals surface area contributed by atoms with Crippen LogP contribution in [0.1, 0.15) is 28.4 Å². The first-order valence-corrected chi connectivity index (χ1v) is 14.0. The maximum Gasteiger partial charge on any atom is 0.333 e. The van der Waals surface area contributed by atoms with Crippen molar-refractivity contribution in [3.8, 4) is 16.9 Å². The molecule has 0 radical (unpaired) electrons. The zero-order chi connectivity index (χ0) is 29.7. The number of ketones is 1. The van der Waals surface area contributed by atoms with Gasteiger partial charge >= 0.3 is 5.97 Å². The van der Waals surface area contributed by atoms with Gasteiger partial charge in [0, 0.05) is 32.2 Å². The Morgan fingerprint density at radius 3 is 2.40 bits per heavy atom. The highest BCUT2D eigenvalue weighted by Gasteiger charge is 2.18. The second kappa shape index (κ2) is 15.8. The van der Waals surface area contributed by atoms with E-state index in [4.69, 9.17) is 18.9 Å². The van der Waals surface area contributed by atoms with E-state index in [0.29, 0.717) is 44.1 Å². The fraction of sp³-hybridized carbons (Fsp3) is 0.294. The molecule has 0 aliphatic carbocycles. The second-order valence-electron chi connectivity index (χ2n) is 9.80. The maximum absolute atomic E-state index is 12.9. The van der Waals surface area contributed by atoms with E-state index in [2.05, 4.69) is 11.4 Å². The van der Waals surface area contributed by atoms with Crippen LogP contribution < -0.4 is 10.1 Å². The molecule has 0 saturated carbocycles. The van der Waals surface area contributed by atoms with Crippen molar-refractivity contribution in [2.75, 3.05) is 40.3 Å². The van der Waals surface area contributed by atoms with Crippen LogP contribution in [-0.4, -0.2) is 63.2 Å². The number of methoxy groups -OCH3 is 1. The van der Waals surface area contributed by atoms with Crippen LogP contribution in [0.4, 0.5) is 0 Å². The van der Waals surface area contributed by atoms with Gasteiger partial charge in [0.05, 0.1) is 19.8 Å². The highest BCUT2D eigenvalue weighted by molar-refractivity contribution is 6.01. The summed E-state index contributed by atoms with van der Waals surface area (Å²) >= 11 is 0. The van der Waals surface area contributed by atoms with E-state index < -0.39 is 12.1 Å². The quantitative estimate of drug-likeness (QED) is 0.0972. The molecule has 0 fully saturated rings. The van der Waals surface area contributed by atoms with Crippen LogP contribution in [0.3, 0.4) is 0 Å². The third kappa shape index (κ3) is 8.96. The molecular formula is C34H37NO7. The van der Waals surface area contributed by atoms with E-state index in [1.807, 2.05) is 78.9 Å². The van der Waals surface area contributed by atoms with Crippen LogP contribution in [0.15, 0.2) is 84.9 Å². The summed E-state index contributed by atoms with van der Waals surface area (Å²) in [5.41, 5.74) is 4.69. The van der Waals surface area contributed by atoms with E-state index in [1.54, 1.807) is 14.0 Å². The van der Waals surface area contributed by atoms with Gasteiger partial charge in [-0.3, -0.25) is 4.79 Å². The Hall–Kier alpha value is -4.08. The van der Waals surface area contributed by atoms with Gasteiger partial charge < -0.3 is 29.4 Å². The van der Waals surface area contributed by atoms with Crippen molar-refractivity contribution >= 4 is 22.5 Å². The van der Waals surface area contributed by atoms with Crippen LogP contribution in [-0.2, 0) is 32.0 Å². The van der Waals surface area contributed by atoms with Crippen molar-refractivity contribution in [1.29, 1.82) is 0 Å². The highest BCUT2D eigenvalue weighted by atomic mass is 16.7. The number of carboxylic acid groups (broad SMARTS) is 1. The second-order valence-corrected chi connectivity index (χ2v) is 9.80. The minimum atomic E-state index is -0.958. The van der Waals surface area contributed by atoms with Crippen LogP contribution in [0.25, 0.3) is 21.9 Å². The number of carbonyl (C=O) groups excluding carboxylic acids is 1. The molecule has 0 spiro atoms. The summed E-state index contributed by atoms with van der Waals surface area (Å²) < 4.78 is 21.2. The van der Waals surface area contributed by atoms with Gasteiger partial charge in [0.15, 0.2) is 18.7 Å². The Labute approximate surface area is 246 Å². The molecule has 8 heteroatoms. The van der Waals surface area contributed by atoms with Gasteiger partial charge in [-0.05, 0) is 64.2 Å². The molecule has 0 aliphatic rings. The summed E-state index contributed by atoms with van der Waals surface area (Å²) in [5, 5.41) is 14.5. The molecule has 220 valence electrons. The summed E-state index contributed by atoms with van der Waals surface area (Å²) in [4.78, 5) is 24.3. The number of Topliss-reactive ketones (excluding diaryl/α,β-unsaturated/α-hetero) is 1. The van der Waals surface area contributed by atoms with E-state index in [-0.39, 0.29) is 19.1 Å². The minimum absolute atomic E-state index is 0.0160. The van der Waals surface area contributed by atoms with Crippen LogP contribution >= 0.6 is 0 Å². The molecule has 0 aliphatic heterocycles. The Balaban J connectivity index is 1.29. The molecule has 4 aromatic carbocycles. The first kappa shape index (κ1) is 30.9. The molecule has 0 heterocycles. The van der Waals surface area contributed by atoms with Crippen molar-refractivity contribution < 1.29 is 33.6 Å². The van der Waals surface area contributed by atoms with E-state index in [1.165, 1.54) is 0 Å². The molecule has 4 rings (SSSR count). The lowest BCUT2D eigenvalue weighted by Gasteiger charge is -2.13. The smallest absolute Gasteiger partial charge is 0.333 e. The van der Waals surface area contributed by atoms with Crippen LogP contribution in [0.5, 0.6) is 5.75 Å².